The van der Waals surface area contributed by atoms with E-state index >= 15 is 0 Å². The topological polar surface area (TPSA) is 0 Å². The van der Waals surface area contributed by atoms with Gasteiger partial charge in [-0.1, -0.05) is 28.1 Å². The molecule has 0 amide bonds. The molecule has 0 unspecified atom stereocenters. The molecule has 0 saturated carbocycles. The van der Waals surface area contributed by atoms with Crippen molar-refractivity contribution >= 4 is 21.5 Å². The van der Waals surface area contributed by atoms with Crippen LogP contribution in [-0.2, 0) is 0 Å². The van der Waals surface area contributed by atoms with Crippen LogP contribution in [0.2, 0.25) is 0 Å². The van der Waals surface area contributed by atoms with E-state index in [1.807, 2.05) is 12.1 Å². The van der Waals surface area contributed by atoms with Crippen LogP contribution in [0, 0.1) is 5.82 Å². The van der Waals surface area contributed by atoms with Crippen molar-refractivity contribution in [1.29, 1.82) is 0 Å². The quantitative estimate of drug-likeness (QED) is 0.693. The number of hydrogen-bond acceptors (Lipinski definition) is 0. The van der Waals surface area contributed by atoms with Crippen LogP contribution in [0.4, 0.5) is 4.39 Å². The van der Waals surface area contributed by atoms with Gasteiger partial charge >= 0.3 is 0 Å². The van der Waals surface area contributed by atoms with Gasteiger partial charge in [-0.25, -0.2) is 4.39 Å². The second-order valence-corrected chi connectivity index (χ2v) is 4.20. The highest BCUT2D eigenvalue weighted by Crippen LogP contribution is 2.36. The monoisotopic (exact) mass is 240 g/mol. The van der Waals surface area contributed by atoms with Crippen molar-refractivity contribution in [2.45, 2.75) is 19.3 Å². The molecule has 0 atom stereocenters. The van der Waals surface area contributed by atoms with Crippen LogP contribution >= 0.6 is 15.9 Å². The summed E-state index contributed by atoms with van der Waals surface area (Å²) >= 11 is 3.55. The fourth-order valence-electron chi connectivity index (χ4n) is 1.66. The molecular formula is C11H10BrF. The van der Waals surface area contributed by atoms with Crippen molar-refractivity contribution in [3.63, 3.8) is 0 Å². The fraction of sp³-hybridized carbons (Fsp3) is 0.273. The number of hydrogen-bond donors (Lipinski definition) is 0. The molecule has 13 heavy (non-hydrogen) atoms. The Balaban J connectivity index is 2.36. The van der Waals surface area contributed by atoms with Crippen LogP contribution in [0.25, 0.3) is 5.57 Å². The van der Waals surface area contributed by atoms with Crippen LogP contribution < -0.4 is 0 Å². The predicted molar refractivity (Wildman–Crippen MR) is 56.1 cm³/mol. The van der Waals surface area contributed by atoms with Crippen LogP contribution in [0.3, 0.4) is 0 Å². The molecule has 0 aliphatic heterocycles. The van der Waals surface area contributed by atoms with Crippen molar-refractivity contribution in [2.24, 2.45) is 0 Å². The third-order valence-corrected chi connectivity index (χ3v) is 3.22. The zero-order chi connectivity index (χ0) is 9.26. The first-order chi connectivity index (χ1) is 6.27. The van der Waals surface area contributed by atoms with Crippen LogP contribution in [0.1, 0.15) is 24.8 Å². The van der Waals surface area contributed by atoms with E-state index in [1.54, 1.807) is 0 Å². The molecule has 1 aromatic carbocycles. The standard InChI is InChI=1S/C11H10BrF/c12-11-3-1-2-10(11)8-4-6-9(13)7-5-8/h4-7H,1-3H2. The summed E-state index contributed by atoms with van der Waals surface area (Å²) in [4.78, 5) is 0. The Morgan fingerprint density at radius 3 is 2.31 bits per heavy atom. The maximum absolute atomic E-state index is 12.6. The Bertz CT molecular complexity index is 338. The molecule has 2 rings (SSSR count). The highest BCUT2D eigenvalue weighted by atomic mass is 79.9. The third-order valence-electron chi connectivity index (χ3n) is 2.34. The van der Waals surface area contributed by atoms with Gasteiger partial charge in [-0.15, -0.1) is 0 Å². The van der Waals surface area contributed by atoms with Gasteiger partial charge in [0.2, 0.25) is 0 Å². The normalized spacial score (nSPS) is 16.8. The van der Waals surface area contributed by atoms with E-state index in [2.05, 4.69) is 15.9 Å². The molecule has 1 aromatic rings. The second kappa shape index (κ2) is 3.62. The summed E-state index contributed by atoms with van der Waals surface area (Å²) in [6.07, 6.45) is 3.42. The van der Waals surface area contributed by atoms with Gasteiger partial charge in [0.05, 0.1) is 0 Å². The third kappa shape index (κ3) is 1.83. The Kier molecular flexibility index (Phi) is 2.49. The molecular weight excluding hydrogens is 231 g/mol. The maximum atomic E-state index is 12.6. The first kappa shape index (κ1) is 8.95. The zero-order valence-electron chi connectivity index (χ0n) is 7.19. The summed E-state index contributed by atoms with van der Waals surface area (Å²) in [7, 11) is 0. The van der Waals surface area contributed by atoms with Crippen molar-refractivity contribution in [2.75, 3.05) is 0 Å². The smallest absolute Gasteiger partial charge is 0.123 e. The summed E-state index contributed by atoms with van der Waals surface area (Å²) < 4.78 is 13.9. The maximum Gasteiger partial charge on any atom is 0.123 e. The van der Waals surface area contributed by atoms with Crippen LogP contribution in [0.5, 0.6) is 0 Å². The van der Waals surface area contributed by atoms with Crippen molar-refractivity contribution in [3.05, 3.63) is 40.1 Å². The van der Waals surface area contributed by atoms with Gasteiger partial charge in [0.25, 0.3) is 0 Å². The van der Waals surface area contributed by atoms with Crippen molar-refractivity contribution in [1.82, 2.24) is 0 Å². The van der Waals surface area contributed by atoms with Gasteiger partial charge in [0, 0.05) is 0 Å². The van der Waals surface area contributed by atoms with Gasteiger partial charge in [0.1, 0.15) is 5.82 Å². The lowest BCUT2D eigenvalue weighted by Crippen LogP contribution is -1.82. The summed E-state index contributed by atoms with van der Waals surface area (Å²) in [6, 6.07) is 6.72. The molecule has 0 heterocycles. The van der Waals surface area contributed by atoms with Gasteiger partial charge in [0.15, 0.2) is 0 Å². The van der Waals surface area contributed by atoms with E-state index in [9.17, 15) is 4.39 Å². The first-order valence-corrected chi connectivity index (χ1v) is 5.20. The molecule has 0 nitrogen and oxygen atoms in total. The minimum Gasteiger partial charge on any atom is -0.207 e. The minimum absolute atomic E-state index is 0.168. The zero-order valence-corrected chi connectivity index (χ0v) is 8.77. The minimum atomic E-state index is -0.168. The molecule has 0 fully saturated rings. The Hall–Kier alpha value is -0.630. The number of rotatable bonds is 1. The lowest BCUT2D eigenvalue weighted by Gasteiger charge is -2.02. The Morgan fingerprint density at radius 2 is 1.77 bits per heavy atom. The van der Waals surface area contributed by atoms with E-state index in [1.165, 1.54) is 28.6 Å². The lowest BCUT2D eigenvalue weighted by molar-refractivity contribution is 0.627. The first-order valence-electron chi connectivity index (χ1n) is 4.41. The predicted octanol–water partition coefficient (Wildman–Crippen LogP) is 4.12. The molecule has 0 spiro atoms. The summed E-state index contributed by atoms with van der Waals surface area (Å²) in [6.45, 7) is 0. The van der Waals surface area contributed by atoms with E-state index in [0.717, 1.165) is 18.4 Å². The van der Waals surface area contributed by atoms with E-state index in [-0.39, 0.29) is 5.82 Å². The molecule has 1 aliphatic carbocycles. The van der Waals surface area contributed by atoms with Gasteiger partial charge in [-0.2, -0.15) is 0 Å². The lowest BCUT2D eigenvalue weighted by atomic mass is 10.1. The summed E-state index contributed by atoms with van der Waals surface area (Å²) in [5, 5.41) is 0. The largest absolute Gasteiger partial charge is 0.207 e. The Morgan fingerprint density at radius 1 is 1.08 bits per heavy atom. The molecule has 0 N–H and O–H groups in total. The number of allylic oxidation sites excluding steroid dienone is 2. The highest BCUT2D eigenvalue weighted by Gasteiger charge is 2.13. The van der Waals surface area contributed by atoms with Crippen LogP contribution in [-0.4, -0.2) is 0 Å². The fourth-order valence-corrected chi connectivity index (χ4v) is 2.37. The van der Waals surface area contributed by atoms with E-state index in [4.69, 9.17) is 0 Å². The molecule has 2 heteroatoms. The molecule has 1 aliphatic rings. The molecule has 0 radical (unpaired) electrons. The SMILES string of the molecule is Fc1ccc(C2=C(Br)CCC2)cc1. The summed E-state index contributed by atoms with van der Waals surface area (Å²) in [5.74, 6) is -0.168. The average molecular weight is 241 g/mol. The second-order valence-electron chi connectivity index (χ2n) is 3.24. The number of benzene rings is 1. The van der Waals surface area contributed by atoms with Crippen molar-refractivity contribution < 1.29 is 4.39 Å². The highest BCUT2D eigenvalue weighted by molar-refractivity contribution is 9.11. The van der Waals surface area contributed by atoms with Gasteiger partial charge in [-0.3, -0.25) is 0 Å². The summed E-state index contributed by atoms with van der Waals surface area (Å²) in [5.41, 5.74) is 2.48. The van der Waals surface area contributed by atoms with E-state index < -0.39 is 0 Å². The van der Waals surface area contributed by atoms with Gasteiger partial charge in [-0.05, 0) is 47.0 Å². The molecule has 0 aromatic heterocycles. The molecule has 0 bridgehead atoms. The van der Waals surface area contributed by atoms with Gasteiger partial charge < -0.3 is 0 Å². The number of halogens is 2. The van der Waals surface area contributed by atoms with E-state index in [0.29, 0.717) is 0 Å². The van der Waals surface area contributed by atoms with Crippen LogP contribution in [0.15, 0.2) is 28.7 Å². The molecule has 0 saturated heterocycles. The Labute approximate surface area is 85.6 Å². The molecule has 68 valence electrons. The van der Waals surface area contributed by atoms with Crippen molar-refractivity contribution in [3.8, 4) is 0 Å². The average Bonchev–Trinajstić information content (AvgIpc) is 2.53.